The van der Waals surface area contributed by atoms with Gasteiger partial charge in [0.15, 0.2) is 0 Å². The second-order valence-corrected chi connectivity index (χ2v) is 7.22. The van der Waals surface area contributed by atoms with E-state index in [9.17, 15) is 9.90 Å². The third kappa shape index (κ3) is 2.55. The number of piperidine rings is 1. The molecule has 2 heterocycles. The average molecular weight is 300 g/mol. The van der Waals surface area contributed by atoms with E-state index in [1.54, 1.807) is 0 Å². The molecule has 1 saturated carbocycles. The van der Waals surface area contributed by atoms with Crippen molar-refractivity contribution in [2.45, 2.75) is 25.4 Å². The van der Waals surface area contributed by atoms with E-state index in [0.29, 0.717) is 24.2 Å². The number of carbonyl (C=O) groups excluding carboxylic acids is 1. The van der Waals surface area contributed by atoms with Crippen LogP contribution in [-0.4, -0.2) is 48.2 Å². The van der Waals surface area contributed by atoms with Crippen LogP contribution in [0.1, 0.15) is 19.3 Å². The van der Waals surface area contributed by atoms with E-state index in [2.05, 4.69) is 4.90 Å². The SMILES string of the molecule is O=C1CC(CN2C[C@H]3CC[C@@H](C2)C3O)CN1c1ccccc1. The van der Waals surface area contributed by atoms with Crippen LogP contribution in [0.3, 0.4) is 0 Å². The fourth-order valence-electron chi connectivity index (χ4n) is 4.57. The first-order valence-electron chi connectivity index (χ1n) is 8.46. The topological polar surface area (TPSA) is 43.8 Å². The number of aliphatic hydroxyl groups is 1. The van der Waals surface area contributed by atoms with Crippen LogP contribution in [0.5, 0.6) is 0 Å². The lowest BCUT2D eigenvalue weighted by Gasteiger charge is -2.36. The highest BCUT2D eigenvalue weighted by atomic mass is 16.3. The van der Waals surface area contributed by atoms with Gasteiger partial charge in [0.25, 0.3) is 0 Å². The molecule has 4 heteroatoms. The summed E-state index contributed by atoms with van der Waals surface area (Å²) in [6.45, 7) is 3.84. The molecule has 1 amide bonds. The highest BCUT2D eigenvalue weighted by Crippen LogP contribution is 2.37. The van der Waals surface area contributed by atoms with E-state index in [-0.39, 0.29) is 12.0 Å². The van der Waals surface area contributed by atoms with Crippen LogP contribution < -0.4 is 4.90 Å². The molecular formula is C18H24N2O2. The molecule has 4 atom stereocenters. The Hall–Kier alpha value is -1.39. The van der Waals surface area contributed by atoms with E-state index in [4.69, 9.17) is 0 Å². The maximum atomic E-state index is 12.3. The lowest BCUT2D eigenvalue weighted by molar-refractivity contribution is -0.117. The quantitative estimate of drug-likeness (QED) is 0.925. The van der Waals surface area contributed by atoms with E-state index in [0.717, 1.165) is 31.9 Å². The number of amides is 1. The fraction of sp³-hybridized carbons (Fsp3) is 0.611. The van der Waals surface area contributed by atoms with Crippen LogP contribution in [0.25, 0.3) is 0 Å². The van der Waals surface area contributed by atoms with Crippen molar-refractivity contribution in [2.75, 3.05) is 31.1 Å². The molecule has 118 valence electrons. The number of para-hydroxylation sites is 1. The van der Waals surface area contributed by atoms with Crippen LogP contribution in [0.2, 0.25) is 0 Å². The maximum absolute atomic E-state index is 12.3. The van der Waals surface area contributed by atoms with Crippen molar-refractivity contribution in [1.29, 1.82) is 0 Å². The van der Waals surface area contributed by atoms with Crippen molar-refractivity contribution in [3.05, 3.63) is 30.3 Å². The van der Waals surface area contributed by atoms with Crippen LogP contribution >= 0.6 is 0 Å². The van der Waals surface area contributed by atoms with Crippen LogP contribution in [0.4, 0.5) is 5.69 Å². The standard InChI is InChI=1S/C18H24N2O2/c21-17-8-13(10-20(17)16-4-2-1-3-5-16)9-19-11-14-6-7-15(12-19)18(14)22/h1-5,13-15,18,22H,6-12H2/t13?,14-,15+,18?. The molecule has 3 fully saturated rings. The zero-order valence-corrected chi connectivity index (χ0v) is 12.9. The molecule has 0 radical (unpaired) electrons. The molecule has 0 spiro atoms. The lowest BCUT2D eigenvalue weighted by Crippen LogP contribution is -2.46. The summed E-state index contributed by atoms with van der Waals surface area (Å²) in [6.07, 6.45) is 2.91. The van der Waals surface area contributed by atoms with E-state index < -0.39 is 0 Å². The molecule has 4 rings (SSSR count). The molecule has 4 nitrogen and oxygen atoms in total. The summed E-state index contributed by atoms with van der Waals surface area (Å²) >= 11 is 0. The average Bonchev–Trinajstić information content (AvgIpc) is 2.96. The van der Waals surface area contributed by atoms with E-state index in [1.165, 1.54) is 12.8 Å². The van der Waals surface area contributed by atoms with Crippen molar-refractivity contribution in [1.82, 2.24) is 4.90 Å². The molecule has 2 aliphatic heterocycles. The summed E-state index contributed by atoms with van der Waals surface area (Å²) in [5.41, 5.74) is 1.02. The van der Waals surface area contributed by atoms with Gasteiger partial charge >= 0.3 is 0 Å². The van der Waals surface area contributed by atoms with Gasteiger partial charge in [-0.15, -0.1) is 0 Å². The maximum Gasteiger partial charge on any atom is 0.227 e. The Morgan fingerprint density at radius 1 is 1.05 bits per heavy atom. The van der Waals surface area contributed by atoms with Gasteiger partial charge in [-0.25, -0.2) is 0 Å². The zero-order chi connectivity index (χ0) is 15.1. The lowest BCUT2D eigenvalue weighted by atomic mass is 9.94. The van der Waals surface area contributed by atoms with Gasteiger partial charge in [0.2, 0.25) is 5.91 Å². The van der Waals surface area contributed by atoms with Gasteiger partial charge in [-0.3, -0.25) is 4.79 Å². The van der Waals surface area contributed by atoms with Gasteiger partial charge in [0.05, 0.1) is 6.10 Å². The monoisotopic (exact) mass is 300 g/mol. The number of hydrogen-bond donors (Lipinski definition) is 1. The summed E-state index contributed by atoms with van der Waals surface area (Å²) in [7, 11) is 0. The Balaban J connectivity index is 1.38. The first kappa shape index (κ1) is 14.2. The number of benzene rings is 1. The second-order valence-electron chi connectivity index (χ2n) is 7.22. The Morgan fingerprint density at radius 2 is 1.73 bits per heavy atom. The van der Waals surface area contributed by atoms with Crippen molar-refractivity contribution in [2.24, 2.45) is 17.8 Å². The van der Waals surface area contributed by atoms with Crippen molar-refractivity contribution >= 4 is 11.6 Å². The smallest absolute Gasteiger partial charge is 0.227 e. The molecular weight excluding hydrogens is 276 g/mol. The highest BCUT2D eigenvalue weighted by Gasteiger charge is 2.42. The highest BCUT2D eigenvalue weighted by molar-refractivity contribution is 5.95. The number of aliphatic hydroxyl groups excluding tert-OH is 1. The Kier molecular flexibility index (Phi) is 3.66. The van der Waals surface area contributed by atoms with Gasteiger partial charge in [0, 0.05) is 38.3 Å². The third-order valence-corrected chi connectivity index (χ3v) is 5.65. The van der Waals surface area contributed by atoms with Crippen molar-refractivity contribution < 1.29 is 9.90 Å². The number of carbonyl (C=O) groups is 1. The molecule has 2 saturated heterocycles. The largest absolute Gasteiger partial charge is 0.392 e. The first-order chi connectivity index (χ1) is 10.7. The predicted molar refractivity (Wildman–Crippen MR) is 85.6 cm³/mol. The molecule has 1 N–H and O–H groups in total. The molecule has 22 heavy (non-hydrogen) atoms. The van der Waals surface area contributed by atoms with Crippen molar-refractivity contribution in [3.63, 3.8) is 0 Å². The van der Waals surface area contributed by atoms with Crippen LogP contribution in [0, 0.1) is 17.8 Å². The fourth-order valence-corrected chi connectivity index (χ4v) is 4.57. The molecule has 1 aromatic rings. The number of anilines is 1. The van der Waals surface area contributed by atoms with E-state index >= 15 is 0 Å². The summed E-state index contributed by atoms with van der Waals surface area (Å²) in [5.74, 6) is 1.58. The summed E-state index contributed by atoms with van der Waals surface area (Å²) < 4.78 is 0. The van der Waals surface area contributed by atoms with Gasteiger partial charge < -0.3 is 14.9 Å². The van der Waals surface area contributed by atoms with E-state index in [1.807, 2.05) is 35.2 Å². The summed E-state index contributed by atoms with van der Waals surface area (Å²) in [6, 6.07) is 9.98. The van der Waals surface area contributed by atoms with Gasteiger partial charge in [-0.05, 0) is 42.7 Å². The predicted octanol–water partition coefficient (Wildman–Crippen LogP) is 1.74. The van der Waals surface area contributed by atoms with Crippen LogP contribution in [0.15, 0.2) is 30.3 Å². The number of likely N-dealkylation sites (tertiary alicyclic amines) is 1. The molecule has 3 aliphatic rings. The van der Waals surface area contributed by atoms with Crippen LogP contribution in [-0.2, 0) is 4.79 Å². The molecule has 0 aromatic heterocycles. The molecule has 1 aliphatic carbocycles. The third-order valence-electron chi connectivity index (χ3n) is 5.65. The van der Waals surface area contributed by atoms with Gasteiger partial charge in [0.1, 0.15) is 0 Å². The summed E-state index contributed by atoms with van der Waals surface area (Å²) in [4.78, 5) is 16.7. The van der Waals surface area contributed by atoms with Gasteiger partial charge in [-0.1, -0.05) is 18.2 Å². The number of fused-ring (bicyclic) bond motifs is 2. The molecule has 2 bridgehead atoms. The Morgan fingerprint density at radius 3 is 2.41 bits per heavy atom. The minimum Gasteiger partial charge on any atom is -0.392 e. The molecule has 2 unspecified atom stereocenters. The Labute approximate surface area is 131 Å². The van der Waals surface area contributed by atoms with Gasteiger partial charge in [-0.2, -0.15) is 0 Å². The normalized spacial score (nSPS) is 35.3. The number of hydrogen-bond acceptors (Lipinski definition) is 3. The minimum absolute atomic E-state index is 0.0812. The minimum atomic E-state index is -0.0812. The Bertz CT molecular complexity index is 533. The number of nitrogens with zero attached hydrogens (tertiary/aromatic N) is 2. The van der Waals surface area contributed by atoms with Crippen molar-refractivity contribution in [3.8, 4) is 0 Å². The second kappa shape index (κ2) is 5.67. The zero-order valence-electron chi connectivity index (χ0n) is 12.9. The first-order valence-corrected chi connectivity index (χ1v) is 8.46. The number of rotatable bonds is 3. The summed E-state index contributed by atoms with van der Waals surface area (Å²) in [5, 5.41) is 10.1. The molecule has 1 aromatic carbocycles.